The molecular formula is C39H49Cl2OSiTi-. The first kappa shape index (κ1) is 38.6. The van der Waals surface area contributed by atoms with Gasteiger partial charge in [0.2, 0.25) is 0 Å². The summed E-state index contributed by atoms with van der Waals surface area (Å²) in [7, 11) is 0. The second-order valence-corrected chi connectivity index (χ2v) is 20.4. The number of halogens is 2. The zero-order valence-electron chi connectivity index (χ0n) is 28.1. The second-order valence-electron chi connectivity index (χ2n) is 14.4. The molecule has 1 fully saturated rings. The topological polar surface area (TPSA) is 20.2 Å². The fourth-order valence-electron chi connectivity index (χ4n) is 6.21. The van der Waals surface area contributed by atoms with E-state index >= 15 is 0 Å². The van der Waals surface area contributed by atoms with E-state index < -0.39 is 0 Å². The summed E-state index contributed by atoms with van der Waals surface area (Å²) in [5.74, 6) is 0.323. The van der Waals surface area contributed by atoms with Crippen LogP contribution in [0.1, 0.15) is 87.1 Å². The fourth-order valence-corrected chi connectivity index (χ4v) is 6.71. The van der Waals surface area contributed by atoms with Crippen LogP contribution in [0.5, 0.6) is 5.75 Å². The normalized spacial score (nSPS) is 17.1. The number of fused-ring (bicyclic) bond motifs is 4. The van der Waals surface area contributed by atoms with Gasteiger partial charge in [0, 0.05) is 0 Å². The third-order valence-electron chi connectivity index (χ3n) is 8.83. The Bertz CT molecular complexity index is 1680. The van der Waals surface area contributed by atoms with Crippen LogP contribution >= 0.6 is 0 Å². The van der Waals surface area contributed by atoms with Gasteiger partial charge in [0.05, 0.1) is 0 Å². The van der Waals surface area contributed by atoms with E-state index in [1.54, 1.807) is 23.3 Å². The van der Waals surface area contributed by atoms with Crippen LogP contribution in [0.25, 0.3) is 22.4 Å². The van der Waals surface area contributed by atoms with Crippen LogP contribution in [0.4, 0.5) is 0 Å². The van der Waals surface area contributed by atoms with E-state index in [9.17, 15) is 0 Å². The van der Waals surface area contributed by atoms with E-state index in [1.165, 1.54) is 58.5 Å². The van der Waals surface area contributed by atoms with Gasteiger partial charge in [-0.2, -0.15) is 5.57 Å². The molecule has 44 heavy (non-hydrogen) atoms. The van der Waals surface area contributed by atoms with Crippen LogP contribution in [0.3, 0.4) is 0 Å². The van der Waals surface area contributed by atoms with Crippen LogP contribution in [-0.4, -0.2) is 11.3 Å². The molecule has 3 aromatic carbocycles. The van der Waals surface area contributed by atoms with Gasteiger partial charge in [0.15, 0.2) is 0 Å². The molecule has 6 rings (SSSR count). The smallest absolute Gasteiger partial charge is 0.116 e. The Balaban J connectivity index is 0.000000295. The Hall–Kier alpha value is -1.55. The van der Waals surface area contributed by atoms with Crippen molar-refractivity contribution in [2.75, 3.05) is 0 Å². The Morgan fingerprint density at radius 1 is 0.886 bits per heavy atom. The van der Waals surface area contributed by atoms with E-state index in [0.29, 0.717) is 11.2 Å². The summed E-state index contributed by atoms with van der Waals surface area (Å²) in [5, 5.41) is 14.1. The minimum absolute atomic E-state index is 0. The Labute approximate surface area is 291 Å². The third-order valence-corrected chi connectivity index (χ3v) is 13.9. The molecule has 1 nitrogen and oxygen atoms in total. The average molecular weight is 681 g/mol. The molecule has 0 spiro atoms. The van der Waals surface area contributed by atoms with Crippen molar-refractivity contribution in [1.82, 2.24) is 0 Å². The van der Waals surface area contributed by atoms with Crippen molar-refractivity contribution >= 4 is 28.6 Å². The van der Waals surface area contributed by atoms with E-state index in [1.807, 2.05) is 30.3 Å². The molecule has 3 aliphatic carbocycles. The van der Waals surface area contributed by atoms with Crippen LogP contribution in [0.15, 0.2) is 77.4 Å². The zero-order valence-corrected chi connectivity index (χ0v) is 32.2. The minimum Gasteiger partial charge on any atom is -1.00 e. The average Bonchev–Trinajstić information content (AvgIpc) is 3.31. The summed E-state index contributed by atoms with van der Waals surface area (Å²) in [6.07, 6.45) is 10.2. The number of phenolic OH excluding ortho intramolecular Hbond substituents is 1. The Morgan fingerprint density at radius 2 is 1.52 bits per heavy atom. The Kier molecular flexibility index (Phi) is 13.5. The van der Waals surface area contributed by atoms with Gasteiger partial charge in [-0.05, 0) is 45.6 Å². The SMILES string of the molecule is CC1(C)CCC2=C3C(=c4cc(C(C)(C)C)ccc4=CC3(C)C)[C-]=C2C1.CC[Si](=[Ti+2])CC.Oc1ccc2ccccc2c1.[Cl-].[Cl-]. The number of allylic oxidation sites excluding steroid dienone is 4. The summed E-state index contributed by atoms with van der Waals surface area (Å²) in [6.45, 7) is 21.0. The third kappa shape index (κ3) is 9.04. The molecule has 234 valence electrons. The first-order valence-electron chi connectivity index (χ1n) is 15.6. The summed E-state index contributed by atoms with van der Waals surface area (Å²) >= 11 is 2.38. The standard InChI is InChI=1S/C25H31.C10H8O.C4H10Si.2ClH.Ti/c1-23(2,3)18-9-8-16-15-25(6,7)22-19-10-11-24(4,5)14-17(19)12-21(22)20(16)13-18;11-10-6-5-8-3-1-2-4-9(8)7-10;1-3-5-4-2;;;/h8-9,13,15H,10-11,14H2,1-7H3;1-7,11H;3-4H2,1-2H3;2*1H;/q-1;;;;;+2/p-2. The van der Waals surface area contributed by atoms with Gasteiger partial charge in [-0.1, -0.05) is 132 Å². The maximum atomic E-state index is 9.13. The molecule has 0 aliphatic heterocycles. The maximum absolute atomic E-state index is 9.13. The molecule has 0 amide bonds. The van der Waals surface area contributed by atoms with Crippen molar-refractivity contribution in [1.29, 1.82) is 0 Å². The van der Waals surface area contributed by atoms with E-state index in [2.05, 4.69) is 112 Å². The number of rotatable bonds is 2. The van der Waals surface area contributed by atoms with E-state index in [4.69, 9.17) is 5.11 Å². The molecule has 0 radical (unpaired) electrons. The number of hydrogen-bond donors (Lipinski definition) is 1. The summed E-state index contributed by atoms with van der Waals surface area (Å²) < 4.78 is 0. The first-order valence-corrected chi connectivity index (χ1v) is 19.9. The van der Waals surface area contributed by atoms with Crippen molar-refractivity contribution in [3.05, 3.63) is 99.5 Å². The van der Waals surface area contributed by atoms with Crippen molar-refractivity contribution in [3.63, 3.8) is 0 Å². The van der Waals surface area contributed by atoms with Gasteiger partial charge in [-0.3, -0.25) is 0 Å². The second kappa shape index (κ2) is 15.4. The quantitative estimate of drug-likeness (QED) is 0.326. The summed E-state index contributed by atoms with van der Waals surface area (Å²) in [4.78, 5) is 0. The van der Waals surface area contributed by atoms with Gasteiger partial charge in [0.1, 0.15) is 5.75 Å². The fraction of sp³-hybridized carbons (Fsp3) is 0.436. The maximum Gasteiger partial charge on any atom is 0.116 e. The van der Waals surface area contributed by atoms with Crippen LogP contribution in [-0.2, 0) is 24.6 Å². The van der Waals surface area contributed by atoms with Gasteiger partial charge in [0.25, 0.3) is 0 Å². The molecule has 0 bridgehead atoms. The Morgan fingerprint density at radius 3 is 2.11 bits per heavy atom. The van der Waals surface area contributed by atoms with Crippen LogP contribution in [0.2, 0.25) is 12.1 Å². The zero-order chi connectivity index (χ0) is 30.9. The number of aromatic hydroxyl groups is 1. The molecular weight excluding hydrogens is 631 g/mol. The summed E-state index contributed by atoms with van der Waals surface area (Å²) in [5.41, 5.74) is 8.11. The summed E-state index contributed by atoms with van der Waals surface area (Å²) in [6, 6.07) is 23.2. The largest absolute Gasteiger partial charge is 1.00 e. The predicted molar refractivity (Wildman–Crippen MR) is 180 cm³/mol. The van der Waals surface area contributed by atoms with Crippen LogP contribution in [0, 0.1) is 16.9 Å². The molecule has 3 aliphatic rings. The van der Waals surface area contributed by atoms with Crippen molar-refractivity contribution in [2.45, 2.75) is 99.1 Å². The predicted octanol–water partition coefficient (Wildman–Crippen LogP) is 3.32. The molecule has 1 N–H and O–H groups in total. The van der Waals surface area contributed by atoms with Gasteiger partial charge in [-0.15, -0.1) is 22.8 Å². The van der Waals surface area contributed by atoms with E-state index in [0.717, 1.165) is 10.8 Å². The van der Waals surface area contributed by atoms with Gasteiger partial charge in [-0.25, -0.2) is 0 Å². The molecule has 1 saturated carbocycles. The monoisotopic (exact) mass is 679 g/mol. The van der Waals surface area contributed by atoms with Gasteiger partial charge >= 0.3 is 51.3 Å². The molecule has 0 atom stereocenters. The molecule has 0 aromatic heterocycles. The first-order chi connectivity index (χ1) is 19.6. The molecule has 3 aromatic rings. The molecule has 0 unspecified atom stereocenters. The van der Waals surface area contributed by atoms with Crippen molar-refractivity contribution in [3.8, 4) is 5.75 Å². The number of hydrogen-bond acceptors (Lipinski definition) is 1. The van der Waals surface area contributed by atoms with Gasteiger partial charge < -0.3 is 29.9 Å². The number of phenols is 1. The van der Waals surface area contributed by atoms with Crippen molar-refractivity contribution in [2.24, 2.45) is 10.8 Å². The molecule has 5 heteroatoms. The van der Waals surface area contributed by atoms with Crippen molar-refractivity contribution < 1.29 is 49.1 Å². The molecule has 0 heterocycles. The van der Waals surface area contributed by atoms with E-state index in [-0.39, 0.29) is 41.8 Å². The number of benzene rings is 3. The molecule has 0 saturated heterocycles. The minimum atomic E-state index is 0. The van der Waals surface area contributed by atoms with Crippen LogP contribution < -0.4 is 35.3 Å².